The average molecular weight is 238 g/mol. The molecule has 4 heteroatoms. The van der Waals surface area contributed by atoms with Gasteiger partial charge in [0.15, 0.2) is 0 Å². The summed E-state index contributed by atoms with van der Waals surface area (Å²) in [6, 6.07) is 5.42. The van der Waals surface area contributed by atoms with Crippen molar-refractivity contribution in [2.24, 2.45) is 5.73 Å². The first-order chi connectivity index (χ1) is 8.10. The van der Waals surface area contributed by atoms with E-state index in [0.29, 0.717) is 12.1 Å². The lowest BCUT2D eigenvalue weighted by atomic mass is 9.86. The van der Waals surface area contributed by atoms with Crippen LogP contribution in [0, 0.1) is 5.82 Å². The van der Waals surface area contributed by atoms with Crippen LogP contribution in [0.5, 0.6) is 5.75 Å². The van der Waals surface area contributed by atoms with Gasteiger partial charge < -0.3 is 15.8 Å². The Kier molecular flexibility index (Phi) is 3.64. The van der Waals surface area contributed by atoms with E-state index in [0.717, 1.165) is 24.2 Å². The molecule has 1 atom stereocenters. The zero-order valence-corrected chi connectivity index (χ0v) is 10.2. The first-order valence-electron chi connectivity index (χ1n) is 5.95. The SMILES string of the molecule is COc1ccc(F)cc1C(C)NC1CC(N)C1. The summed E-state index contributed by atoms with van der Waals surface area (Å²) in [6.07, 6.45) is 1.98. The van der Waals surface area contributed by atoms with Gasteiger partial charge in [-0.1, -0.05) is 0 Å². The van der Waals surface area contributed by atoms with Gasteiger partial charge >= 0.3 is 0 Å². The Hall–Kier alpha value is -1.13. The molecule has 0 spiro atoms. The lowest BCUT2D eigenvalue weighted by Gasteiger charge is -2.35. The van der Waals surface area contributed by atoms with Crippen molar-refractivity contribution in [3.63, 3.8) is 0 Å². The van der Waals surface area contributed by atoms with Crippen LogP contribution >= 0.6 is 0 Å². The van der Waals surface area contributed by atoms with Crippen molar-refractivity contribution in [1.29, 1.82) is 0 Å². The standard InChI is InChI=1S/C13H19FN2O/c1-8(16-11-6-10(15)7-11)12-5-9(14)3-4-13(12)17-2/h3-5,8,10-11,16H,6-7,15H2,1-2H3. The van der Waals surface area contributed by atoms with E-state index in [1.165, 1.54) is 12.1 Å². The van der Waals surface area contributed by atoms with E-state index in [1.807, 2.05) is 6.92 Å². The molecule has 0 saturated heterocycles. The molecule has 0 radical (unpaired) electrons. The van der Waals surface area contributed by atoms with Gasteiger partial charge in [-0.2, -0.15) is 0 Å². The summed E-state index contributed by atoms with van der Waals surface area (Å²) in [6.45, 7) is 2.02. The number of nitrogens with two attached hydrogens (primary N) is 1. The Bertz CT molecular complexity index is 391. The van der Waals surface area contributed by atoms with Crippen LogP contribution in [0.3, 0.4) is 0 Å². The fourth-order valence-electron chi connectivity index (χ4n) is 2.28. The first-order valence-corrected chi connectivity index (χ1v) is 5.95. The van der Waals surface area contributed by atoms with Crippen LogP contribution in [0.2, 0.25) is 0 Å². The highest BCUT2D eigenvalue weighted by Crippen LogP contribution is 2.28. The van der Waals surface area contributed by atoms with E-state index in [2.05, 4.69) is 5.32 Å². The predicted molar refractivity (Wildman–Crippen MR) is 65.5 cm³/mol. The maximum absolute atomic E-state index is 13.2. The molecular weight excluding hydrogens is 219 g/mol. The molecule has 17 heavy (non-hydrogen) atoms. The van der Waals surface area contributed by atoms with Gasteiger partial charge in [0, 0.05) is 23.7 Å². The molecule has 1 aliphatic rings. The zero-order chi connectivity index (χ0) is 12.4. The normalized spacial score (nSPS) is 25.2. The smallest absolute Gasteiger partial charge is 0.123 e. The summed E-state index contributed by atoms with van der Waals surface area (Å²) in [5, 5.41) is 3.44. The van der Waals surface area contributed by atoms with Crippen LogP contribution < -0.4 is 15.8 Å². The highest BCUT2D eigenvalue weighted by Gasteiger charge is 2.27. The van der Waals surface area contributed by atoms with E-state index in [9.17, 15) is 4.39 Å². The minimum absolute atomic E-state index is 0.0677. The van der Waals surface area contributed by atoms with Crippen molar-refractivity contribution < 1.29 is 9.13 Å². The molecular formula is C13H19FN2O. The van der Waals surface area contributed by atoms with Gasteiger partial charge in [0.1, 0.15) is 11.6 Å². The second-order valence-corrected chi connectivity index (χ2v) is 4.70. The fraction of sp³-hybridized carbons (Fsp3) is 0.538. The van der Waals surface area contributed by atoms with E-state index in [-0.39, 0.29) is 11.9 Å². The molecule has 0 aliphatic heterocycles. The number of hydrogen-bond acceptors (Lipinski definition) is 3. The van der Waals surface area contributed by atoms with Crippen molar-refractivity contribution in [3.8, 4) is 5.75 Å². The summed E-state index contributed by atoms with van der Waals surface area (Å²) >= 11 is 0. The number of methoxy groups -OCH3 is 1. The van der Waals surface area contributed by atoms with Gasteiger partial charge in [0.25, 0.3) is 0 Å². The van der Waals surface area contributed by atoms with Gasteiger partial charge in [-0.15, -0.1) is 0 Å². The molecule has 1 aromatic carbocycles. The molecule has 1 fully saturated rings. The quantitative estimate of drug-likeness (QED) is 0.843. The molecule has 0 amide bonds. The lowest BCUT2D eigenvalue weighted by molar-refractivity contribution is 0.269. The molecule has 1 aromatic rings. The van der Waals surface area contributed by atoms with Gasteiger partial charge in [0.2, 0.25) is 0 Å². The average Bonchev–Trinajstić information content (AvgIpc) is 2.27. The summed E-state index contributed by atoms with van der Waals surface area (Å²) < 4.78 is 18.5. The zero-order valence-electron chi connectivity index (χ0n) is 10.2. The third-order valence-corrected chi connectivity index (χ3v) is 3.32. The third kappa shape index (κ3) is 2.76. The van der Waals surface area contributed by atoms with E-state index >= 15 is 0 Å². The number of nitrogens with one attached hydrogen (secondary N) is 1. The van der Waals surface area contributed by atoms with Crippen molar-refractivity contribution in [2.75, 3.05) is 7.11 Å². The minimum Gasteiger partial charge on any atom is -0.496 e. The monoisotopic (exact) mass is 238 g/mol. The largest absolute Gasteiger partial charge is 0.496 e. The first kappa shape index (κ1) is 12.3. The Morgan fingerprint density at radius 2 is 2.18 bits per heavy atom. The van der Waals surface area contributed by atoms with Crippen molar-refractivity contribution in [2.45, 2.75) is 37.9 Å². The molecule has 2 rings (SSSR count). The number of halogens is 1. The fourth-order valence-corrected chi connectivity index (χ4v) is 2.28. The molecule has 3 nitrogen and oxygen atoms in total. The second kappa shape index (κ2) is 5.02. The highest BCUT2D eigenvalue weighted by molar-refractivity contribution is 5.36. The number of hydrogen-bond donors (Lipinski definition) is 2. The summed E-state index contributed by atoms with van der Waals surface area (Å²) in [5.41, 5.74) is 6.59. The highest BCUT2D eigenvalue weighted by atomic mass is 19.1. The minimum atomic E-state index is -0.236. The van der Waals surface area contributed by atoms with Crippen LogP contribution in [-0.4, -0.2) is 19.2 Å². The Morgan fingerprint density at radius 3 is 2.76 bits per heavy atom. The van der Waals surface area contributed by atoms with Gasteiger partial charge in [-0.3, -0.25) is 0 Å². The molecule has 0 bridgehead atoms. The van der Waals surface area contributed by atoms with Crippen LogP contribution in [0.4, 0.5) is 4.39 Å². The molecule has 1 aliphatic carbocycles. The topological polar surface area (TPSA) is 47.3 Å². The Labute approximate surface area is 101 Å². The third-order valence-electron chi connectivity index (χ3n) is 3.32. The molecule has 3 N–H and O–H groups in total. The van der Waals surface area contributed by atoms with Crippen molar-refractivity contribution in [1.82, 2.24) is 5.32 Å². The molecule has 94 valence electrons. The van der Waals surface area contributed by atoms with Crippen LogP contribution in [0.25, 0.3) is 0 Å². The summed E-state index contributed by atoms with van der Waals surface area (Å²) in [5.74, 6) is 0.481. The van der Waals surface area contributed by atoms with Crippen molar-refractivity contribution >= 4 is 0 Å². The van der Waals surface area contributed by atoms with Gasteiger partial charge in [0.05, 0.1) is 7.11 Å². The second-order valence-electron chi connectivity index (χ2n) is 4.70. The predicted octanol–water partition coefficient (Wildman–Crippen LogP) is 1.97. The van der Waals surface area contributed by atoms with Crippen LogP contribution in [0.1, 0.15) is 31.4 Å². The Balaban J connectivity index is 2.06. The number of ether oxygens (including phenoxy) is 1. The summed E-state index contributed by atoms with van der Waals surface area (Å²) in [7, 11) is 1.60. The van der Waals surface area contributed by atoms with Crippen LogP contribution in [-0.2, 0) is 0 Å². The van der Waals surface area contributed by atoms with E-state index in [1.54, 1.807) is 13.2 Å². The number of rotatable bonds is 4. The van der Waals surface area contributed by atoms with Crippen LogP contribution in [0.15, 0.2) is 18.2 Å². The maximum Gasteiger partial charge on any atom is 0.123 e. The maximum atomic E-state index is 13.2. The van der Waals surface area contributed by atoms with Crippen molar-refractivity contribution in [3.05, 3.63) is 29.6 Å². The number of benzene rings is 1. The molecule has 0 heterocycles. The van der Waals surface area contributed by atoms with Gasteiger partial charge in [-0.05, 0) is 38.0 Å². The molecule has 1 unspecified atom stereocenters. The Morgan fingerprint density at radius 1 is 1.47 bits per heavy atom. The van der Waals surface area contributed by atoms with Gasteiger partial charge in [-0.25, -0.2) is 4.39 Å². The van der Waals surface area contributed by atoms with E-state index in [4.69, 9.17) is 10.5 Å². The molecule has 1 saturated carbocycles. The summed E-state index contributed by atoms with van der Waals surface area (Å²) in [4.78, 5) is 0. The lowest BCUT2D eigenvalue weighted by Crippen LogP contribution is -2.49. The van der Waals surface area contributed by atoms with E-state index < -0.39 is 0 Å². The molecule has 0 aromatic heterocycles.